The first-order valence-electron chi connectivity index (χ1n) is 7.44. The largest absolute Gasteiger partial charge is 0.314 e. The zero-order valence-corrected chi connectivity index (χ0v) is 12.5. The van der Waals surface area contributed by atoms with Gasteiger partial charge in [0.25, 0.3) is 0 Å². The number of ketones is 1. The first-order chi connectivity index (χ1) is 9.92. The van der Waals surface area contributed by atoms with Crippen LogP contribution >= 0.6 is 0 Å². The van der Waals surface area contributed by atoms with Gasteiger partial charge in [0.05, 0.1) is 5.92 Å². The second kappa shape index (κ2) is 6.39. The number of hydrogen-bond acceptors (Lipinski definition) is 1. The summed E-state index contributed by atoms with van der Waals surface area (Å²) < 4.78 is 28.3. The predicted octanol–water partition coefficient (Wildman–Crippen LogP) is 4.82. The van der Waals surface area contributed by atoms with Gasteiger partial charge >= 0.3 is 5.92 Å². The van der Waals surface area contributed by atoms with Crippen LogP contribution in [0.25, 0.3) is 0 Å². The maximum Gasteiger partial charge on any atom is 0.314 e. The average molecular weight is 290 g/mol. The van der Waals surface area contributed by atoms with Gasteiger partial charge in [-0.05, 0) is 24.3 Å². The van der Waals surface area contributed by atoms with Crippen molar-refractivity contribution in [2.45, 2.75) is 51.4 Å². The van der Waals surface area contributed by atoms with Gasteiger partial charge in [0.2, 0.25) is 0 Å². The Kier molecular flexibility index (Phi) is 4.77. The molecule has 0 saturated heterocycles. The van der Waals surface area contributed by atoms with Crippen molar-refractivity contribution in [2.24, 2.45) is 5.92 Å². The fourth-order valence-electron chi connectivity index (χ4n) is 2.60. The Morgan fingerprint density at radius 3 is 2.52 bits per heavy atom. The van der Waals surface area contributed by atoms with Crippen LogP contribution in [0.15, 0.2) is 24.3 Å². The minimum Gasteiger partial charge on any atom is -0.294 e. The van der Waals surface area contributed by atoms with Crippen LogP contribution in [-0.2, 0) is 0 Å². The van der Waals surface area contributed by atoms with E-state index in [1.54, 1.807) is 24.3 Å². The smallest absolute Gasteiger partial charge is 0.294 e. The SMILES string of the molecule is CC(C)C(=O)c1ccc(C2CCCCC#CC2(F)F)cc1. The summed E-state index contributed by atoms with van der Waals surface area (Å²) >= 11 is 0. The number of benzene rings is 1. The molecule has 0 aliphatic heterocycles. The monoisotopic (exact) mass is 290 g/mol. The highest BCUT2D eigenvalue weighted by Gasteiger charge is 2.38. The van der Waals surface area contributed by atoms with Gasteiger partial charge in [-0.3, -0.25) is 4.79 Å². The third-order valence-corrected chi connectivity index (χ3v) is 3.86. The first-order valence-corrected chi connectivity index (χ1v) is 7.44. The van der Waals surface area contributed by atoms with Crippen molar-refractivity contribution in [1.82, 2.24) is 0 Å². The third-order valence-electron chi connectivity index (χ3n) is 3.86. The molecular formula is C18H20F2O. The fraction of sp³-hybridized carbons (Fsp3) is 0.500. The van der Waals surface area contributed by atoms with Gasteiger partial charge in [-0.15, -0.1) is 0 Å². The Hall–Kier alpha value is -1.69. The van der Waals surface area contributed by atoms with Gasteiger partial charge in [-0.25, -0.2) is 0 Å². The van der Waals surface area contributed by atoms with Gasteiger partial charge in [-0.1, -0.05) is 50.5 Å². The van der Waals surface area contributed by atoms with Crippen LogP contribution in [-0.4, -0.2) is 11.7 Å². The quantitative estimate of drug-likeness (QED) is 0.576. The molecule has 0 bridgehead atoms. The standard InChI is InChI=1S/C18H20F2O/c1-13(2)17(21)15-10-8-14(9-11-15)16-7-5-3-4-6-12-18(16,19)20/h8-11,13,16H,3-5,7H2,1-2H3. The van der Waals surface area contributed by atoms with Crippen molar-refractivity contribution in [2.75, 3.05) is 0 Å². The summed E-state index contributed by atoms with van der Waals surface area (Å²) in [7, 11) is 0. The molecule has 0 N–H and O–H groups in total. The summed E-state index contributed by atoms with van der Waals surface area (Å²) in [6, 6.07) is 6.61. The van der Waals surface area contributed by atoms with Crippen molar-refractivity contribution >= 4 is 5.78 Å². The predicted molar refractivity (Wildman–Crippen MR) is 79.5 cm³/mol. The molecule has 0 aromatic heterocycles. The highest BCUT2D eigenvalue weighted by atomic mass is 19.3. The lowest BCUT2D eigenvalue weighted by atomic mass is 9.85. The highest BCUT2D eigenvalue weighted by Crippen LogP contribution is 2.38. The summed E-state index contributed by atoms with van der Waals surface area (Å²) in [4.78, 5) is 11.9. The van der Waals surface area contributed by atoms with Crippen molar-refractivity contribution in [3.8, 4) is 11.8 Å². The van der Waals surface area contributed by atoms with Gasteiger partial charge in [0, 0.05) is 17.9 Å². The van der Waals surface area contributed by atoms with Crippen molar-refractivity contribution in [1.29, 1.82) is 0 Å². The zero-order chi connectivity index (χ0) is 15.5. The van der Waals surface area contributed by atoms with Gasteiger partial charge in [0.1, 0.15) is 0 Å². The zero-order valence-electron chi connectivity index (χ0n) is 12.5. The Morgan fingerprint density at radius 1 is 1.24 bits per heavy atom. The molecule has 1 aliphatic rings. The number of halogens is 2. The van der Waals surface area contributed by atoms with Gasteiger partial charge in [-0.2, -0.15) is 8.78 Å². The maximum atomic E-state index is 14.1. The van der Waals surface area contributed by atoms with Crippen LogP contribution in [0.5, 0.6) is 0 Å². The Morgan fingerprint density at radius 2 is 1.90 bits per heavy atom. The average Bonchev–Trinajstić information content (AvgIpc) is 2.43. The molecule has 1 nitrogen and oxygen atoms in total. The fourth-order valence-corrected chi connectivity index (χ4v) is 2.60. The van der Waals surface area contributed by atoms with E-state index in [4.69, 9.17) is 0 Å². The lowest BCUT2D eigenvalue weighted by molar-refractivity contribution is 0.0296. The lowest BCUT2D eigenvalue weighted by Crippen LogP contribution is -2.25. The van der Waals surface area contributed by atoms with Crippen LogP contribution in [0.2, 0.25) is 0 Å². The second-order valence-electron chi connectivity index (χ2n) is 5.86. The number of rotatable bonds is 3. The lowest BCUT2D eigenvalue weighted by Gasteiger charge is -2.24. The number of alkyl halides is 2. The molecule has 1 aliphatic carbocycles. The molecule has 21 heavy (non-hydrogen) atoms. The normalized spacial score (nSPS) is 21.1. The molecule has 0 heterocycles. The van der Waals surface area contributed by atoms with E-state index < -0.39 is 11.8 Å². The van der Waals surface area contributed by atoms with Gasteiger partial charge in [0.15, 0.2) is 5.78 Å². The Labute approximate surface area is 124 Å². The molecule has 1 atom stereocenters. The Bertz CT molecular complexity index is 561. The molecule has 0 spiro atoms. The van der Waals surface area contributed by atoms with E-state index >= 15 is 0 Å². The van der Waals surface area contributed by atoms with Crippen LogP contribution in [0.4, 0.5) is 8.78 Å². The molecule has 0 amide bonds. The molecule has 1 aromatic rings. The summed E-state index contributed by atoms with van der Waals surface area (Å²) in [6.07, 6.45) is 2.59. The van der Waals surface area contributed by atoms with E-state index in [0.717, 1.165) is 12.8 Å². The molecule has 2 rings (SSSR count). The van der Waals surface area contributed by atoms with E-state index in [0.29, 0.717) is 24.0 Å². The highest BCUT2D eigenvalue weighted by molar-refractivity contribution is 5.97. The Balaban J connectivity index is 2.27. The maximum absolute atomic E-state index is 14.1. The van der Waals surface area contributed by atoms with E-state index in [-0.39, 0.29) is 11.7 Å². The van der Waals surface area contributed by atoms with Crippen LogP contribution in [0.1, 0.15) is 61.4 Å². The number of Topliss-reactive ketones (excluding diaryl/α,β-unsaturated/α-hetero) is 1. The molecule has 0 radical (unpaired) electrons. The summed E-state index contributed by atoms with van der Waals surface area (Å²) in [5.74, 6) is 0.745. The number of hydrogen-bond donors (Lipinski definition) is 0. The molecule has 1 aromatic carbocycles. The molecule has 112 valence electrons. The number of carbonyl (C=O) groups excluding carboxylic acids is 1. The van der Waals surface area contributed by atoms with E-state index in [1.807, 2.05) is 13.8 Å². The van der Waals surface area contributed by atoms with E-state index in [9.17, 15) is 13.6 Å². The minimum absolute atomic E-state index is 0.0331. The van der Waals surface area contributed by atoms with Crippen LogP contribution in [0.3, 0.4) is 0 Å². The molecule has 0 fully saturated rings. The topological polar surface area (TPSA) is 17.1 Å². The molecule has 3 heteroatoms. The van der Waals surface area contributed by atoms with Crippen LogP contribution < -0.4 is 0 Å². The van der Waals surface area contributed by atoms with E-state index in [1.165, 1.54) is 0 Å². The van der Waals surface area contributed by atoms with Crippen molar-refractivity contribution in [3.63, 3.8) is 0 Å². The third kappa shape index (κ3) is 3.69. The number of carbonyl (C=O) groups is 1. The summed E-state index contributed by atoms with van der Waals surface area (Å²) in [5, 5.41) is 0. The molecular weight excluding hydrogens is 270 g/mol. The molecule has 0 saturated carbocycles. The minimum atomic E-state index is -3.00. The summed E-state index contributed by atoms with van der Waals surface area (Å²) in [5.41, 5.74) is 1.14. The van der Waals surface area contributed by atoms with E-state index in [2.05, 4.69) is 11.8 Å². The van der Waals surface area contributed by atoms with Crippen molar-refractivity contribution in [3.05, 3.63) is 35.4 Å². The second-order valence-corrected chi connectivity index (χ2v) is 5.86. The van der Waals surface area contributed by atoms with Crippen molar-refractivity contribution < 1.29 is 13.6 Å². The first kappa shape index (κ1) is 15.7. The summed E-state index contributed by atoms with van der Waals surface area (Å²) in [6.45, 7) is 3.66. The molecule has 1 unspecified atom stereocenters. The van der Waals surface area contributed by atoms with Crippen LogP contribution in [0, 0.1) is 17.8 Å². The van der Waals surface area contributed by atoms with Gasteiger partial charge < -0.3 is 0 Å².